The van der Waals surface area contributed by atoms with E-state index in [4.69, 9.17) is 11.6 Å². The maximum Gasteiger partial charge on any atom is 0.331 e. The topological polar surface area (TPSA) is 71.4 Å². The number of aromatic nitrogens is 1. The molecule has 2 heterocycles. The summed E-state index contributed by atoms with van der Waals surface area (Å²) in [6, 6.07) is 14.6. The van der Waals surface area contributed by atoms with Gasteiger partial charge in [-0.15, -0.1) is 0 Å². The number of likely N-dealkylation sites (N-methyl/N-ethyl adjacent to an activating group) is 1. The molecule has 1 fully saturated rings. The summed E-state index contributed by atoms with van der Waals surface area (Å²) in [7, 11) is 1.33. The molecule has 0 atom stereocenters. The smallest absolute Gasteiger partial charge is 0.331 e. The fourth-order valence-corrected chi connectivity index (χ4v) is 3.43. The third-order valence-electron chi connectivity index (χ3n) is 4.72. The van der Waals surface area contributed by atoms with E-state index in [2.05, 4.69) is 5.32 Å². The van der Waals surface area contributed by atoms with Crippen LogP contribution in [-0.4, -0.2) is 34.4 Å². The number of rotatable bonds is 3. The Morgan fingerprint density at radius 2 is 1.75 bits per heavy atom. The van der Waals surface area contributed by atoms with Gasteiger partial charge in [0.2, 0.25) is 0 Å². The van der Waals surface area contributed by atoms with E-state index in [-0.39, 0.29) is 5.57 Å². The third kappa shape index (κ3) is 3.08. The molecule has 1 saturated heterocycles. The van der Waals surface area contributed by atoms with E-state index in [9.17, 15) is 14.4 Å². The van der Waals surface area contributed by atoms with Crippen LogP contribution in [-0.2, 0) is 16.1 Å². The molecule has 1 N–H and O–H groups in total. The number of nitrogens with one attached hydrogen (secondary N) is 1. The van der Waals surface area contributed by atoms with Crippen LogP contribution in [0.25, 0.3) is 17.0 Å². The van der Waals surface area contributed by atoms with Crippen LogP contribution in [0, 0.1) is 0 Å². The number of carbonyl (C=O) groups is 3. The molecular weight excluding hydrogens is 378 g/mol. The summed E-state index contributed by atoms with van der Waals surface area (Å²) in [4.78, 5) is 37.0. The van der Waals surface area contributed by atoms with Crippen molar-refractivity contribution in [1.29, 1.82) is 0 Å². The molecule has 4 rings (SSSR count). The van der Waals surface area contributed by atoms with E-state index in [1.54, 1.807) is 0 Å². The number of nitrogens with zero attached hydrogens (tertiary/aromatic N) is 2. The quantitative estimate of drug-likeness (QED) is 0.547. The molecule has 2 aromatic carbocycles. The zero-order valence-corrected chi connectivity index (χ0v) is 15.7. The first kappa shape index (κ1) is 18.0. The van der Waals surface area contributed by atoms with Gasteiger partial charge in [-0.3, -0.25) is 19.8 Å². The monoisotopic (exact) mass is 393 g/mol. The minimum absolute atomic E-state index is 0.0808. The highest BCUT2D eigenvalue weighted by Gasteiger charge is 2.33. The van der Waals surface area contributed by atoms with Gasteiger partial charge in [-0.05, 0) is 23.8 Å². The van der Waals surface area contributed by atoms with Gasteiger partial charge in [0.15, 0.2) is 0 Å². The van der Waals surface area contributed by atoms with Crippen molar-refractivity contribution in [1.82, 2.24) is 14.8 Å². The second-order valence-corrected chi connectivity index (χ2v) is 6.91. The molecule has 1 aliphatic rings. The van der Waals surface area contributed by atoms with E-state index >= 15 is 0 Å². The van der Waals surface area contributed by atoms with Crippen molar-refractivity contribution >= 4 is 46.4 Å². The Kier molecular flexibility index (Phi) is 4.49. The van der Waals surface area contributed by atoms with Gasteiger partial charge in [0, 0.05) is 41.3 Å². The van der Waals surface area contributed by atoms with Crippen LogP contribution in [0.3, 0.4) is 0 Å². The molecule has 6 nitrogen and oxygen atoms in total. The van der Waals surface area contributed by atoms with Crippen molar-refractivity contribution in [3.63, 3.8) is 0 Å². The van der Waals surface area contributed by atoms with Crippen molar-refractivity contribution < 1.29 is 14.4 Å². The fourth-order valence-electron chi connectivity index (χ4n) is 3.23. The van der Waals surface area contributed by atoms with Gasteiger partial charge in [0.25, 0.3) is 11.8 Å². The van der Waals surface area contributed by atoms with E-state index in [1.807, 2.05) is 59.3 Å². The van der Waals surface area contributed by atoms with Crippen molar-refractivity contribution in [2.24, 2.45) is 0 Å². The molecule has 140 valence electrons. The van der Waals surface area contributed by atoms with Gasteiger partial charge in [-0.1, -0.05) is 48.0 Å². The largest absolute Gasteiger partial charge is 0.342 e. The van der Waals surface area contributed by atoms with E-state index in [0.717, 1.165) is 21.4 Å². The average Bonchev–Trinajstić information content (AvgIpc) is 3.03. The standard InChI is InChI=1S/C21H16ClN3O3/c1-24-20(27)16(19(26)23-21(24)28)10-14-12-25(18-9-5-3-7-15(14)18)11-13-6-2-4-8-17(13)22/h2-10,12H,11H2,1H3,(H,23,26,28). The van der Waals surface area contributed by atoms with Crippen molar-refractivity contribution in [3.05, 3.63) is 76.5 Å². The highest BCUT2D eigenvalue weighted by Crippen LogP contribution is 2.27. The van der Waals surface area contributed by atoms with Crippen LogP contribution in [0.4, 0.5) is 4.79 Å². The lowest BCUT2D eigenvalue weighted by Gasteiger charge is -2.22. The molecule has 4 amide bonds. The first-order valence-electron chi connectivity index (χ1n) is 8.62. The summed E-state index contributed by atoms with van der Waals surface area (Å²) < 4.78 is 2.02. The second-order valence-electron chi connectivity index (χ2n) is 6.50. The highest BCUT2D eigenvalue weighted by atomic mass is 35.5. The van der Waals surface area contributed by atoms with Gasteiger partial charge in [-0.2, -0.15) is 0 Å². The summed E-state index contributed by atoms with van der Waals surface area (Å²) in [6.45, 7) is 0.544. The van der Waals surface area contributed by atoms with E-state index < -0.39 is 17.8 Å². The fraction of sp³-hybridized carbons (Fsp3) is 0.0952. The number of carbonyl (C=O) groups excluding carboxylic acids is 3. The first-order chi connectivity index (χ1) is 13.5. The molecular formula is C21H16ClN3O3. The van der Waals surface area contributed by atoms with Crippen LogP contribution in [0.5, 0.6) is 0 Å². The second kappa shape index (κ2) is 6.98. The molecule has 1 aromatic heterocycles. The summed E-state index contributed by atoms with van der Waals surface area (Å²) in [5.74, 6) is -1.33. The predicted octanol–water partition coefficient (Wildman–Crippen LogP) is 3.43. The number of hydrogen-bond donors (Lipinski definition) is 1. The first-order valence-corrected chi connectivity index (χ1v) is 9.00. The van der Waals surface area contributed by atoms with Crippen LogP contribution in [0.2, 0.25) is 5.02 Å². The van der Waals surface area contributed by atoms with Crippen molar-refractivity contribution in [2.45, 2.75) is 6.54 Å². The number of barbiturate groups is 1. The Bertz CT molecular complexity index is 1160. The SMILES string of the molecule is CN1C(=O)NC(=O)C(=Cc2cn(Cc3ccccc3Cl)c3ccccc23)C1=O. The zero-order valence-electron chi connectivity index (χ0n) is 15.0. The summed E-state index contributed by atoms with van der Waals surface area (Å²) in [6.07, 6.45) is 3.39. The Hall–Kier alpha value is -3.38. The number of halogens is 1. The Morgan fingerprint density at radius 1 is 1.04 bits per heavy atom. The molecule has 0 saturated carbocycles. The van der Waals surface area contributed by atoms with Gasteiger partial charge in [0.1, 0.15) is 5.57 Å². The third-order valence-corrected chi connectivity index (χ3v) is 5.09. The number of para-hydroxylation sites is 1. The molecule has 28 heavy (non-hydrogen) atoms. The summed E-state index contributed by atoms with van der Waals surface area (Å²) >= 11 is 6.30. The Balaban J connectivity index is 1.81. The predicted molar refractivity (Wildman–Crippen MR) is 107 cm³/mol. The molecule has 0 unspecified atom stereocenters. The van der Waals surface area contributed by atoms with Gasteiger partial charge >= 0.3 is 6.03 Å². The number of amides is 4. The normalized spacial score (nSPS) is 16.1. The van der Waals surface area contributed by atoms with Crippen LogP contribution in [0.15, 0.2) is 60.3 Å². The molecule has 0 radical (unpaired) electrons. The number of fused-ring (bicyclic) bond motifs is 1. The molecule has 3 aromatic rings. The van der Waals surface area contributed by atoms with Gasteiger partial charge in [-0.25, -0.2) is 4.79 Å². The Morgan fingerprint density at radius 3 is 2.54 bits per heavy atom. The maximum absolute atomic E-state index is 12.4. The number of hydrogen-bond acceptors (Lipinski definition) is 3. The summed E-state index contributed by atoms with van der Waals surface area (Å²) in [5, 5.41) is 3.73. The van der Waals surface area contributed by atoms with Crippen LogP contribution in [0.1, 0.15) is 11.1 Å². The molecule has 0 bridgehead atoms. The number of benzene rings is 2. The molecule has 0 spiro atoms. The molecule has 0 aliphatic carbocycles. The summed E-state index contributed by atoms with van der Waals surface area (Å²) in [5.41, 5.74) is 2.54. The maximum atomic E-state index is 12.4. The van der Waals surface area contributed by atoms with Crippen LogP contribution >= 0.6 is 11.6 Å². The van der Waals surface area contributed by atoms with Crippen molar-refractivity contribution in [3.8, 4) is 0 Å². The number of imide groups is 2. The highest BCUT2D eigenvalue weighted by molar-refractivity contribution is 6.31. The van der Waals surface area contributed by atoms with E-state index in [1.165, 1.54) is 13.1 Å². The zero-order chi connectivity index (χ0) is 19.8. The number of urea groups is 1. The van der Waals surface area contributed by atoms with Crippen molar-refractivity contribution in [2.75, 3.05) is 7.05 Å². The lowest BCUT2D eigenvalue weighted by molar-refractivity contribution is -0.129. The minimum atomic E-state index is -0.728. The molecule has 7 heteroatoms. The Labute approximate surface area is 166 Å². The lowest BCUT2D eigenvalue weighted by atomic mass is 10.1. The average molecular weight is 394 g/mol. The van der Waals surface area contributed by atoms with Crippen LogP contribution < -0.4 is 5.32 Å². The van der Waals surface area contributed by atoms with E-state index in [0.29, 0.717) is 17.1 Å². The minimum Gasteiger partial charge on any atom is -0.342 e. The molecule has 1 aliphatic heterocycles. The van der Waals surface area contributed by atoms with Gasteiger partial charge < -0.3 is 4.57 Å². The van der Waals surface area contributed by atoms with Gasteiger partial charge in [0.05, 0.1) is 0 Å². The lowest BCUT2D eigenvalue weighted by Crippen LogP contribution is -2.52.